The molecule has 0 atom stereocenters. The smallest absolute Gasteiger partial charge is 0.497 e. The van der Waals surface area contributed by atoms with Crippen molar-refractivity contribution < 1.29 is 25.2 Å². The van der Waals surface area contributed by atoms with E-state index >= 15 is 0 Å². The van der Waals surface area contributed by atoms with Crippen LogP contribution < -0.4 is 4.74 Å². The molecule has 0 unspecified atom stereocenters. The maximum atomic E-state index is 6.98. The van der Waals surface area contributed by atoms with Gasteiger partial charge in [0.05, 0.1) is 33.4 Å². The van der Waals surface area contributed by atoms with Gasteiger partial charge in [0.1, 0.15) is 0 Å². The van der Waals surface area contributed by atoms with Crippen molar-refractivity contribution >= 4 is 76.7 Å². The van der Waals surface area contributed by atoms with E-state index in [0.717, 1.165) is 76.7 Å². The monoisotopic (exact) mass is 1070 g/mol. The van der Waals surface area contributed by atoms with Crippen molar-refractivity contribution in [3.05, 3.63) is 226 Å². The van der Waals surface area contributed by atoms with Crippen LogP contribution in [0.3, 0.4) is 0 Å². The SMILES string of the molecule is Cc1cccc(C)c1-c1cc(-c2c(C)cccc2C)c2c(c1)c1ccc(Oc3[c-]c4c(cc3)c3cc(-c5c(C)cccc5C)cc(-c5c(C)cccc5C)c3n3c5ccccc5nc43)[c-]c1c1nc3ccccc3n12.[Pd+2]. The molecule has 4 aromatic heterocycles. The van der Waals surface area contributed by atoms with Gasteiger partial charge in [-0.2, -0.15) is 0 Å². The third-order valence-electron chi connectivity index (χ3n) is 15.9. The first-order valence-electron chi connectivity index (χ1n) is 25.9. The van der Waals surface area contributed by atoms with Crippen molar-refractivity contribution in [1.82, 2.24) is 18.8 Å². The van der Waals surface area contributed by atoms with E-state index in [1.165, 1.54) is 89.0 Å². The normalized spacial score (nSPS) is 11.8. The maximum Gasteiger partial charge on any atom is 2.00 e. The van der Waals surface area contributed by atoms with E-state index in [1.807, 2.05) is 0 Å². The van der Waals surface area contributed by atoms with Crippen LogP contribution in [0.2, 0.25) is 0 Å². The molecule has 0 aliphatic rings. The molecule has 0 N–H and O–H groups in total. The van der Waals surface area contributed by atoms with E-state index in [9.17, 15) is 0 Å². The van der Waals surface area contributed by atoms with Gasteiger partial charge in [-0.1, -0.05) is 155 Å². The van der Waals surface area contributed by atoms with E-state index in [0.29, 0.717) is 11.5 Å². The van der Waals surface area contributed by atoms with E-state index in [1.54, 1.807) is 0 Å². The molecule has 0 aliphatic heterocycles. The average molecular weight is 1070 g/mol. The van der Waals surface area contributed by atoms with Crippen LogP contribution in [-0.2, 0) is 20.4 Å². The Balaban J connectivity index is 0.00000553. The number of hydrogen-bond donors (Lipinski definition) is 0. The number of aromatic nitrogens is 4. The molecule has 0 saturated heterocycles. The van der Waals surface area contributed by atoms with Crippen molar-refractivity contribution in [2.45, 2.75) is 55.4 Å². The third kappa shape index (κ3) is 7.16. The molecule has 0 fully saturated rings. The Labute approximate surface area is 455 Å². The number of pyridine rings is 2. The van der Waals surface area contributed by atoms with E-state index in [4.69, 9.17) is 14.7 Å². The second kappa shape index (κ2) is 17.9. The first-order valence-corrected chi connectivity index (χ1v) is 25.9. The fourth-order valence-electron chi connectivity index (χ4n) is 12.7. The molecule has 0 saturated carbocycles. The van der Waals surface area contributed by atoms with Gasteiger partial charge in [0, 0.05) is 33.7 Å². The summed E-state index contributed by atoms with van der Waals surface area (Å²) >= 11 is 0. The zero-order valence-electron chi connectivity index (χ0n) is 43.7. The molecule has 14 rings (SSSR count). The predicted molar refractivity (Wildman–Crippen MR) is 313 cm³/mol. The molecule has 10 aromatic carbocycles. The fraction of sp³-hybridized carbons (Fsp3) is 0.114. The van der Waals surface area contributed by atoms with Crippen molar-refractivity contribution in [3.8, 4) is 56.0 Å². The minimum absolute atomic E-state index is 0. The molecular formula is C70H52N4OPd. The summed E-state index contributed by atoms with van der Waals surface area (Å²) in [6.07, 6.45) is 0. The Morgan fingerprint density at radius 1 is 0.355 bits per heavy atom. The molecule has 0 bridgehead atoms. The molecule has 6 heteroatoms. The number of para-hydroxylation sites is 4. The molecule has 14 aromatic rings. The molecule has 0 amide bonds. The minimum Gasteiger partial charge on any atom is -0.497 e. The van der Waals surface area contributed by atoms with Crippen molar-refractivity contribution in [2.24, 2.45) is 0 Å². The second-order valence-corrected chi connectivity index (χ2v) is 20.8. The Bertz CT molecular complexity index is 4400. The Kier molecular flexibility index (Phi) is 11.1. The molecule has 368 valence electrons. The van der Waals surface area contributed by atoms with E-state index in [-0.39, 0.29) is 20.4 Å². The number of fused-ring (bicyclic) bond motifs is 16. The maximum absolute atomic E-state index is 6.98. The summed E-state index contributed by atoms with van der Waals surface area (Å²) in [7, 11) is 0. The summed E-state index contributed by atoms with van der Waals surface area (Å²) in [6, 6.07) is 68.9. The number of aryl methyl sites for hydroxylation is 8. The molecule has 4 heterocycles. The zero-order chi connectivity index (χ0) is 51.0. The number of benzene rings is 10. The van der Waals surface area contributed by atoms with Crippen LogP contribution in [0.25, 0.3) is 121 Å². The standard InChI is InChI=1S/C70H52N4O.Pd/c1-39-17-13-18-40(2)63(39)47-33-53-51-31-29-49(37-55(51)69-71-59-25-9-11-27-61(59)73(69)67(53)57(35-47)65-43(5)21-15-22-44(65)6)75-50-30-32-52-54-34-48(64-41(3)19-14-20-42(64)4)36-58(66-45(7)23-16-24-46(66)8)68(54)74-62-28-12-10-26-60(62)72-70(74)56(52)38-50;/h9-36H,1-8H3;/q-2;+2. The average Bonchev–Trinajstić information content (AvgIpc) is 4.05. The number of hydrogen-bond acceptors (Lipinski definition) is 3. The van der Waals surface area contributed by atoms with Crippen molar-refractivity contribution in [2.75, 3.05) is 0 Å². The van der Waals surface area contributed by atoms with Gasteiger partial charge in [-0.25, -0.2) is 0 Å². The summed E-state index contributed by atoms with van der Waals surface area (Å²) in [5.41, 5.74) is 27.4. The van der Waals surface area contributed by atoms with Crippen molar-refractivity contribution in [3.63, 3.8) is 0 Å². The summed E-state index contributed by atoms with van der Waals surface area (Å²) in [5, 5.41) is 6.13. The van der Waals surface area contributed by atoms with Crippen LogP contribution in [0.15, 0.2) is 170 Å². The van der Waals surface area contributed by atoms with Gasteiger partial charge in [0.15, 0.2) is 0 Å². The van der Waals surface area contributed by atoms with Crippen molar-refractivity contribution in [1.29, 1.82) is 0 Å². The minimum atomic E-state index is 0. The summed E-state index contributed by atoms with van der Waals surface area (Å²) in [6.45, 7) is 17.8. The molecule has 0 radical (unpaired) electrons. The number of rotatable bonds is 6. The Morgan fingerprint density at radius 3 is 1.07 bits per heavy atom. The second-order valence-electron chi connectivity index (χ2n) is 20.8. The number of imidazole rings is 2. The number of nitrogens with zero attached hydrogens (tertiary/aromatic N) is 4. The van der Waals surface area contributed by atoms with Gasteiger partial charge in [-0.05, 0) is 180 Å². The quantitative estimate of drug-likeness (QED) is 0.0947. The third-order valence-corrected chi connectivity index (χ3v) is 15.9. The van der Waals surface area contributed by atoms with Crippen LogP contribution in [0.1, 0.15) is 44.5 Å². The van der Waals surface area contributed by atoms with Crippen LogP contribution in [0.5, 0.6) is 11.5 Å². The van der Waals surface area contributed by atoms with Gasteiger partial charge >= 0.3 is 20.4 Å². The van der Waals surface area contributed by atoms with Gasteiger partial charge < -0.3 is 13.5 Å². The summed E-state index contributed by atoms with van der Waals surface area (Å²) in [4.78, 5) is 10.8. The van der Waals surface area contributed by atoms with Gasteiger partial charge in [-0.3, -0.25) is 9.97 Å². The fourth-order valence-corrected chi connectivity index (χ4v) is 12.7. The summed E-state index contributed by atoms with van der Waals surface area (Å²) < 4.78 is 11.7. The van der Waals surface area contributed by atoms with Gasteiger partial charge in [-0.15, -0.1) is 12.1 Å². The Morgan fingerprint density at radius 2 is 0.697 bits per heavy atom. The van der Waals surface area contributed by atoms with Gasteiger partial charge in [0.25, 0.3) is 0 Å². The van der Waals surface area contributed by atoms with Crippen LogP contribution in [-0.4, -0.2) is 18.8 Å². The van der Waals surface area contributed by atoms with Crippen LogP contribution >= 0.6 is 0 Å². The zero-order valence-corrected chi connectivity index (χ0v) is 45.2. The number of ether oxygens (including phenoxy) is 1. The summed E-state index contributed by atoms with van der Waals surface area (Å²) in [5.74, 6) is 1.15. The molecular weight excluding hydrogens is 1020 g/mol. The molecule has 76 heavy (non-hydrogen) atoms. The van der Waals surface area contributed by atoms with Crippen LogP contribution in [0.4, 0.5) is 0 Å². The topological polar surface area (TPSA) is 43.8 Å². The molecule has 0 spiro atoms. The molecule has 0 aliphatic carbocycles. The van der Waals surface area contributed by atoms with Crippen LogP contribution in [0, 0.1) is 67.5 Å². The molecule has 5 nitrogen and oxygen atoms in total. The van der Waals surface area contributed by atoms with Gasteiger partial charge in [0.2, 0.25) is 0 Å². The predicted octanol–water partition coefficient (Wildman–Crippen LogP) is 18.4. The largest absolute Gasteiger partial charge is 2.00 e. The van der Waals surface area contributed by atoms with E-state index < -0.39 is 0 Å². The Hall–Kier alpha value is -8.40. The first-order chi connectivity index (χ1) is 36.5. The van der Waals surface area contributed by atoms with E-state index in [2.05, 4.69) is 246 Å². The first kappa shape index (κ1) is 47.3.